The van der Waals surface area contributed by atoms with Crippen molar-refractivity contribution >= 4 is 28.9 Å². The maximum absolute atomic E-state index is 12.1. The van der Waals surface area contributed by atoms with Crippen LogP contribution in [0.25, 0.3) is 0 Å². The lowest BCUT2D eigenvalue weighted by Gasteiger charge is -2.28. The highest BCUT2D eigenvalue weighted by Gasteiger charge is 2.11. The van der Waals surface area contributed by atoms with Gasteiger partial charge in [0.2, 0.25) is 0 Å². The molecule has 0 atom stereocenters. The third kappa shape index (κ3) is 4.59. The molecule has 5 nitrogen and oxygen atoms in total. The lowest BCUT2D eigenvalue weighted by molar-refractivity contribution is 0.0955. The van der Waals surface area contributed by atoms with Crippen molar-refractivity contribution in [3.05, 3.63) is 64.7 Å². The molecule has 1 amide bonds. The summed E-state index contributed by atoms with van der Waals surface area (Å²) in [5.74, 6) is -0.285. The molecule has 3 rings (SSSR count). The van der Waals surface area contributed by atoms with Crippen LogP contribution in [0, 0.1) is 0 Å². The highest BCUT2D eigenvalue weighted by atomic mass is 35.5. The highest BCUT2D eigenvalue weighted by Crippen LogP contribution is 2.17. The first-order valence-corrected chi connectivity index (χ1v) is 8.54. The zero-order valence-electron chi connectivity index (χ0n) is 14.0. The molecule has 1 aliphatic rings. The molecule has 1 fully saturated rings. The molecule has 0 aliphatic carbocycles. The second kappa shape index (κ2) is 8.14. The molecule has 0 saturated carbocycles. The molecule has 2 aromatic carbocycles. The zero-order valence-corrected chi connectivity index (χ0v) is 14.8. The van der Waals surface area contributed by atoms with Gasteiger partial charge in [0.05, 0.1) is 18.9 Å². The van der Waals surface area contributed by atoms with Gasteiger partial charge in [0.25, 0.3) is 5.91 Å². The standard InChI is InChI=1S/C19H20ClN3O2/c1-14(21-22-19(24)16-3-2-4-17(20)13-16)15-5-7-18(8-6-15)23-9-11-25-12-10-23/h2-8,13H,9-12H2,1H3,(H,22,24)/b21-14-. The Morgan fingerprint density at radius 2 is 1.84 bits per heavy atom. The Bertz CT molecular complexity index is 768. The van der Waals surface area contributed by atoms with E-state index in [2.05, 4.69) is 27.6 Å². The number of nitrogens with one attached hydrogen (secondary N) is 1. The summed E-state index contributed by atoms with van der Waals surface area (Å²) in [5, 5.41) is 4.70. The maximum Gasteiger partial charge on any atom is 0.271 e. The Kier molecular flexibility index (Phi) is 5.68. The molecule has 0 unspecified atom stereocenters. The van der Waals surface area contributed by atoms with Crippen LogP contribution in [0.4, 0.5) is 5.69 Å². The third-order valence-electron chi connectivity index (χ3n) is 4.07. The summed E-state index contributed by atoms with van der Waals surface area (Å²) in [4.78, 5) is 14.4. The van der Waals surface area contributed by atoms with Crippen molar-refractivity contribution in [2.24, 2.45) is 5.10 Å². The molecule has 0 aromatic heterocycles. The van der Waals surface area contributed by atoms with Gasteiger partial charge in [0.1, 0.15) is 0 Å². The van der Waals surface area contributed by atoms with Crippen molar-refractivity contribution in [2.45, 2.75) is 6.92 Å². The number of hydrogen-bond acceptors (Lipinski definition) is 4. The highest BCUT2D eigenvalue weighted by molar-refractivity contribution is 6.30. The van der Waals surface area contributed by atoms with Gasteiger partial charge < -0.3 is 9.64 Å². The molecule has 1 heterocycles. The number of carbonyl (C=O) groups excluding carboxylic acids is 1. The monoisotopic (exact) mass is 357 g/mol. The number of carbonyl (C=O) groups is 1. The topological polar surface area (TPSA) is 53.9 Å². The Morgan fingerprint density at radius 3 is 2.52 bits per heavy atom. The van der Waals surface area contributed by atoms with Crippen molar-refractivity contribution in [3.63, 3.8) is 0 Å². The van der Waals surface area contributed by atoms with Gasteiger partial charge in [-0.1, -0.05) is 29.8 Å². The Hall–Kier alpha value is -2.37. The molecule has 0 spiro atoms. The lowest BCUT2D eigenvalue weighted by Crippen LogP contribution is -2.36. The number of nitrogens with zero attached hydrogens (tertiary/aromatic N) is 2. The molecule has 1 N–H and O–H groups in total. The van der Waals surface area contributed by atoms with E-state index in [1.165, 1.54) is 5.69 Å². The fourth-order valence-electron chi connectivity index (χ4n) is 2.63. The number of amides is 1. The van der Waals surface area contributed by atoms with Crippen LogP contribution in [0.3, 0.4) is 0 Å². The second-order valence-corrected chi connectivity index (χ2v) is 6.23. The number of hydrazone groups is 1. The number of hydrogen-bond donors (Lipinski definition) is 1. The van der Waals surface area contributed by atoms with E-state index in [9.17, 15) is 4.79 Å². The van der Waals surface area contributed by atoms with Crippen molar-refractivity contribution in [1.82, 2.24) is 5.43 Å². The van der Waals surface area contributed by atoms with E-state index in [0.29, 0.717) is 10.6 Å². The van der Waals surface area contributed by atoms with Crippen LogP contribution in [0.2, 0.25) is 5.02 Å². The van der Waals surface area contributed by atoms with E-state index in [4.69, 9.17) is 16.3 Å². The van der Waals surface area contributed by atoms with Gasteiger partial charge in [0.15, 0.2) is 0 Å². The van der Waals surface area contributed by atoms with Crippen LogP contribution in [-0.2, 0) is 4.74 Å². The first-order valence-electron chi connectivity index (χ1n) is 8.17. The number of halogens is 1. The van der Waals surface area contributed by atoms with Gasteiger partial charge in [0, 0.05) is 29.4 Å². The largest absolute Gasteiger partial charge is 0.378 e. The molecule has 6 heteroatoms. The van der Waals surface area contributed by atoms with E-state index >= 15 is 0 Å². The van der Waals surface area contributed by atoms with Crippen LogP contribution in [0.5, 0.6) is 0 Å². The second-order valence-electron chi connectivity index (χ2n) is 5.79. The Morgan fingerprint density at radius 1 is 1.12 bits per heavy atom. The van der Waals surface area contributed by atoms with Crippen LogP contribution < -0.4 is 10.3 Å². The minimum Gasteiger partial charge on any atom is -0.378 e. The first kappa shape index (κ1) is 17.5. The van der Waals surface area contributed by atoms with Gasteiger partial charge in [-0.05, 0) is 42.8 Å². The average Bonchev–Trinajstić information content (AvgIpc) is 2.66. The van der Waals surface area contributed by atoms with Gasteiger partial charge in [-0.15, -0.1) is 0 Å². The predicted molar refractivity (Wildman–Crippen MR) is 101 cm³/mol. The number of ether oxygens (including phenoxy) is 1. The number of rotatable bonds is 4. The molecule has 25 heavy (non-hydrogen) atoms. The van der Waals surface area contributed by atoms with Gasteiger partial charge in [-0.25, -0.2) is 5.43 Å². The summed E-state index contributed by atoms with van der Waals surface area (Å²) >= 11 is 5.90. The number of anilines is 1. The first-order chi connectivity index (χ1) is 12.1. The molecule has 1 aliphatic heterocycles. The smallest absolute Gasteiger partial charge is 0.271 e. The quantitative estimate of drug-likeness (QED) is 0.674. The SMILES string of the molecule is C/C(=N/NC(=O)c1cccc(Cl)c1)c1ccc(N2CCOCC2)cc1. The van der Waals surface area contributed by atoms with Crippen molar-refractivity contribution in [3.8, 4) is 0 Å². The fourth-order valence-corrected chi connectivity index (χ4v) is 2.82. The van der Waals surface area contributed by atoms with E-state index in [0.717, 1.165) is 37.6 Å². The van der Waals surface area contributed by atoms with Gasteiger partial charge in [-0.2, -0.15) is 5.10 Å². The molecule has 1 saturated heterocycles. The predicted octanol–water partition coefficient (Wildman–Crippen LogP) is 3.33. The van der Waals surface area contributed by atoms with Crippen LogP contribution >= 0.6 is 11.6 Å². The van der Waals surface area contributed by atoms with Crippen molar-refractivity contribution < 1.29 is 9.53 Å². The van der Waals surface area contributed by atoms with E-state index in [-0.39, 0.29) is 5.91 Å². The number of benzene rings is 2. The van der Waals surface area contributed by atoms with E-state index in [1.807, 2.05) is 19.1 Å². The molecular formula is C19H20ClN3O2. The zero-order chi connectivity index (χ0) is 17.6. The summed E-state index contributed by atoms with van der Waals surface area (Å²) in [7, 11) is 0. The Labute approximate surface area is 152 Å². The fraction of sp³-hybridized carbons (Fsp3) is 0.263. The summed E-state index contributed by atoms with van der Waals surface area (Å²) in [6, 6.07) is 14.9. The van der Waals surface area contributed by atoms with Crippen molar-refractivity contribution in [1.29, 1.82) is 0 Å². The minimum absolute atomic E-state index is 0.285. The molecule has 0 radical (unpaired) electrons. The summed E-state index contributed by atoms with van der Waals surface area (Å²) in [6.07, 6.45) is 0. The summed E-state index contributed by atoms with van der Waals surface area (Å²) < 4.78 is 5.37. The van der Waals surface area contributed by atoms with Crippen LogP contribution in [-0.4, -0.2) is 37.9 Å². The average molecular weight is 358 g/mol. The van der Waals surface area contributed by atoms with E-state index < -0.39 is 0 Å². The maximum atomic E-state index is 12.1. The molecular weight excluding hydrogens is 338 g/mol. The van der Waals surface area contributed by atoms with Crippen molar-refractivity contribution in [2.75, 3.05) is 31.2 Å². The summed E-state index contributed by atoms with van der Waals surface area (Å²) in [5.41, 5.74) is 5.91. The van der Waals surface area contributed by atoms with Crippen LogP contribution in [0.15, 0.2) is 53.6 Å². The van der Waals surface area contributed by atoms with Gasteiger partial charge >= 0.3 is 0 Å². The van der Waals surface area contributed by atoms with Gasteiger partial charge in [-0.3, -0.25) is 4.79 Å². The van der Waals surface area contributed by atoms with E-state index in [1.54, 1.807) is 24.3 Å². The molecule has 2 aromatic rings. The molecule has 0 bridgehead atoms. The van der Waals surface area contributed by atoms with Crippen LogP contribution in [0.1, 0.15) is 22.8 Å². The lowest BCUT2D eigenvalue weighted by atomic mass is 10.1. The third-order valence-corrected chi connectivity index (χ3v) is 4.31. The Balaban J connectivity index is 1.64. The number of morpholine rings is 1. The normalized spacial score (nSPS) is 15.1. The summed E-state index contributed by atoms with van der Waals surface area (Å²) in [6.45, 7) is 5.20. The molecule has 130 valence electrons. The minimum atomic E-state index is -0.285.